The first-order valence-corrected chi connectivity index (χ1v) is 11.2. The van der Waals surface area contributed by atoms with Gasteiger partial charge in [-0.05, 0) is 92.3 Å². The Labute approximate surface area is 150 Å². The first-order chi connectivity index (χ1) is 11.4. The lowest BCUT2D eigenvalue weighted by Crippen LogP contribution is -2.63. The molecule has 4 fully saturated rings. The third-order valence-electron chi connectivity index (χ3n) is 9.76. The van der Waals surface area contributed by atoms with Crippen LogP contribution < -0.4 is 0 Å². The minimum atomic E-state index is -0.337. The Kier molecular flexibility index (Phi) is 4.34. The summed E-state index contributed by atoms with van der Waals surface area (Å²) in [6.45, 7) is 7.46. The van der Waals surface area contributed by atoms with Gasteiger partial charge < -0.3 is 5.11 Å². The molecular weight excluding hydrogens is 292 g/mol. The fourth-order valence-corrected chi connectivity index (χ4v) is 8.40. The highest BCUT2D eigenvalue weighted by Crippen LogP contribution is 2.69. The molecule has 1 heteroatoms. The lowest BCUT2D eigenvalue weighted by molar-refractivity contribution is -0.220. The molecule has 1 N–H and O–H groups in total. The van der Waals surface area contributed by atoms with Crippen molar-refractivity contribution < 1.29 is 5.11 Å². The van der Waals surface area contributed by atoms with Gasteiger partial charge in [-0.1, -0.05) is 46.5 Å². The van der Waals surface area contributed by atoms with Gasteiger partial charge in [0.25, 0.3) is 0 Å². The van der Waals surface area contributed by atoms with Gasteiger partial charge >= 0.3 is 0 Å². The van der Waals surface area contributed by atoms with Crippen LogP contribution in [-0.2, 0) is 0 Å². The van der Waals surface area contributed by atoms with Crippen LogP contribution in [0, 0.1) is 34.5 Å². The molecule has 0 bridgehead atoms. The molecule has 138 valence electrons. The van der Waals surface area contributed by atoms with Gasteiger partial charge in [0.2, 0.25) is 0 Å². The number of hydrogen-bond donors (Lipinski definition) is 1. The molecule has 0 saturated heterocycles. The van der Waals surface area contributed by atoms with Gasteiger partial charge in [0, 0.05) is 0 Å². The lowest BCUT2D eigenvalue weighted by Gasteiger charge is -2.64. The largest absolute Gasteiger partial charge is 0.389 e. The number of rotatable bonds is 3. The van der Waals surface area contributed by atoms with Crippen molar-refractivity contribution in [2.45, 2.75) is 110 Å². The Morgan fingerprint density at radius 2 is 1.62 bits per heavy atom. The van der Waals surface area contributed by atoms with Gasteiger partial charge in [0.1, 0.15) is 0 Å². The lowest BCUT2D eigenvalue weighted by atomic mass is 9.43. The van der Waals surface area contributed by atoms with Crippen molar-refractivity contribution in [1.82, 2.24) is 0 Å². The quantitative estimate of drug-likeness (QED) is 0.639. The van der Waals surface area contributed by atoms with Crippen molar-refractivity contribution in [3.63, 3.8) is 0 Å². The summed E-state index contributed by atoms with van der Waals surface area (Å²) in [6, 6.07) is 0. The molecule has 4 aliphatic carbocycles. The first kappa shape index (κ1) is 17.4. The number of aliphatic hydroxyl groups is 1. The van der Waals surface area contributed by atoms with Crippen molar-refractivity contribution in [3.8, 4) is 0 Å². The normalized spacial score (nSPS) is 54.0. The van der Waals surface area contributed by atoms with E-state index in [1.54, 1.807) is 0 Å². The van der Waals surface area contributed by atoms with Crippen molar-refractivity contribution in [3.05, 3.63) is 0 Å². The van der Waals surface area contributed by atoms with Crippen molar-refractivity contribution >= 4 is 0 Å². The van der Waals surface area contributed by atoms with E-state index in [2.05, 4.69) is 20.8 Å². The molecule has 4 saturated carbocycles. The van der Waals surface area contributed by atoms with E-state index in [-0.39, 0.29) is 5.60 Å². The molecule has 0 amide bonds. The number of fused-ring (bicyclic) bond motifs is 5. The second kappa shape index (κ2) is 6.00. The van der Waals surface area contributed by atoms with Crippen LogP contribution in [0.15, 0.2) is 0 Å². The molecule has 7 unspecified atom stereocenters. The summed E-state index contributed by atoms with van der Waals surface area (Å²) in [7, 11) is 0. The summed E-state index contributed by atoms with van der Waals surface area (Å²) in [6.07, 6.45) is 17.6. The van der Waals surface area contributed by atoms with Gasteiger partial charge in [-0.25, -0.2) is 0 Å². The van der Waals surface area contributed by atoms with Gasteiger partial charge in [0.05, 0.1) is 5.60 Å². The van der Waals surface area contributed by atoms with Crippen LogP contribution in [0.5, 0.6) is 0 Å². The van der Waals surface area contributed by atoms with Gasteiger partial charge in [-0.2, -0.15) is 0 Å². The van der Waals surface area contributed by atoms with Gasteiger partial charge in [0.15, 0.2) is 0 Å². The van der Waals surface area contributed by atoms with E-state index in [0.29, 0.717) is 22.7 Å². The molecule has 0 aromatic heterocycles. The minimum absolute atomic E-state index is 0.337. The average Bonchev–Trinajstić information content (AvgIpc) is 2.90. The number of unbranched alkanes of at least 4 members (excludes halogenated alkanes) is 1. The van der Waals surface area contributed by atoms with Crippen LogP contribution in [0.4, 0.5) is 0 Å². The van der Waals surface area contributed by atoms with Crippen LogP contribution in [-0.4, -0.2) is 10.7 Å². The number of hydrogen-bond acceptors (Lipinski definition) is 1. The third kappa shape index (κ3) is 2.29. The maximum atomic E-state index is 12.1. The van der Waals surface area contributed by atoms with Crippen molar-refractivity contribution in [1.29, 1.82) is 0 Å². The van der Waals surface area contributed by atoms with Crippen LogP contribution in [0.1, 0.15) is 104 Å². The van der Waals surface area contributed by atoms with Crippen molar-refractivity contribution in [2.24, 2.45) is 34.5 Å². The average molecular weight is 333 g/mol. The standard InChI is InChI=1S/C23H40O/c1-4-5-8-17-10-11-19-22(17,3)15-13-20-21(2)14-7-6-9-18(21)12-16-23(19,20)24/h17-20,24H,4-16H2,1-3H3. The second-order valence-electron chi connectivity index (χ2n) is 10.5. The first-order valence-electron chi connectivity index (χ1n) is 11.2. The van der Waals surface area contributed by atoms with E-state index in [0.717, 1.165) is 18.3 Å². The second-order valence-corrected chi connectivity index (χ2v) is 10.5. The molecule has 0 radical (unpaired) electrons. The molecule has 0 spiro atoms. The summed E-state index contributed by atoms with van der Waals surface area (Å²) < 4.78 is 0. The summed E-state index contributed by atoms with van der Waals surface area (Å²) >= 11 is 0. The Morgan fingerprint density at radius 3 is 2.42 bits per heavy atom. The summed E-state index contributed by atoms with van der Waals surface area (Å²) in [5.74, 6) is 2.96. The SMILES string of the molecule is CCCCC1CCC2C1(C)CCC1C3(C)CCCCC3CCC12O. The molecule has 0 aromatic rings. The summed E-state index contributed by atoms with van der Waals surface area (Å²) in [4.78, 5) is 0. The molecule has 4 aliphatic rings. The maximum Gasteiger partial charge on any atom is 0.0714 e. The minimum Gasteiger partial charge on any atom is -0.389 e. The van der Waals surface area contributed by atoms with E-state index >= 15 is 0 Å². The topological polar surface area (TPSA) is 20.2 Å². The molecule has 24 heavy (non-hydrogen) atoms. The maximum absolute atomic E-state index is 12.1. The Morgan fingerprint density at radius 1 is 0.833 bits per heavy atom. The zero-order valence-corrected chi connectivity index (χ0v) is 16.4. The highest BCUT2D eigenvalue weighted by molar-refractivity contribution is 5.15. The smallest absolute Gasteiger partial charge is 0.0714 e. The Balaban J connectivity index is 1.62. The van der Waals surface area contributed by atoms with E-state index in [1.165, 1.54) is 77.0 Å². The fourth-order valence-electron chi connectivity index (χ4n) is 8.40. The van der Waals surface area contributed by atoms with Crippen LogP contribution in [0.3, 0.4) is 0 Å². The molecule has 0 heterocycles. The molecular formula is C23H40O. The predicted molar refractivity (Wildman–Crippen MR) is 101 cm³/mol. The fraction of sp³-hybridized carbons (Fsp3) is 1.00. The van der Waals surface area contributed by atoms with E-state index in [1.807, 2.05) is 0 Å². The van der Waals surface area contributed by atoms with E-state index in [9.17, 15) is 5.11 Å². The molecule has 4 rings (SSSR count). The zero-order valence-electron chi connectivity index (χ0n) is 16.4. The monoisotopic (exact) mass is 332 g/mol. The third-order valence-corrected chi connectivity index (χ3v) is 9.76. The van der Waals surface area contributed by atoms with Crippen LogP contribution in [0.25, 0.3) is 0 Å². The Bertz CT molecular complexity index is 473. The Hall–Kier alpha value is -0.0400. The van der Waals surface area contributed by atoms with Crippen LogP contribution in [0.2, 0.25) is 0 Å². The summed E-state index contributed by atoms with van der Waals surface area (Å²) in [5.41, 5.74) is 0.531. The highest BCUT2D eigenvalue weighted by atomic mass is 16.3. The predicted octanol–water partition coefficient (Wildman–Crippen LogP) is 6.34. The molecule has 1 nitrogen and oxygen atoms in total. The molecule has 0 aliphatic heterocycles. The van der Waals surface area contributed by atoms with Crippen molar-refractivity contribution in [2.75, 3.05) is 0 Å². The zero-order chi connectivity index (χ0) is 17.0. The van der Waals surface area contributed by atoms with Gasteiger partial charge in [-0.15, -0.1) is 0 Å². The van der Waals surface area contributed by atoms with E-state index in [4.69, 9.17) is 0 Å². The van der Waals surface area contributed by atoms with E-state index < -0.39 is 0 Å². The van der Waals surface area contributed by atoms with Gasteiger partial charge in [-0.3, -0.25) is 0 Å². The molecule has 0 aromatic carbocycles. The molecule has 7 atom stereocenters. The van der Waals surface area contributed by atoms with Crippen LogP contribution >= 0.6 is 0 Å². The highest BCUT2D eigenvalue weighted by Gasteiger charge is 2.65. The summed E-state index contributed by atoms with van der Waals surface area (Å²) in [5, 5.41) is 12.1.